The quantitative estimate of drug-likeness (QED) is 0.263. The lowest BCUT2D eigenvalue weighted by Crippen LogP contribution is -2.17. The Kier molecular flexibility index (Phi) is 8.24. The lowest BCUT2D eigenvalue weighted by molar-refractivity contribution is -0.143. The van der Waals surface area contributed by atoms with Crippen molar-refractivity contribution in [3.8, 4) is 23.0 Å². The van der Waals surface area contributed by atoms with E-state index in [9.17, 15) is 29.7 Å². The van der Waals surface area contributed by atoms with E-state index in [-0.39, 0.29) is 41.2 Å². The Labute approximate surface area is 229 Å². The largest absolute Gasteiger partial charge is 0.507 e. The van der Waals surface area contributed by atoms with E-state index in [0.717, 1.165) is 0 Å². The van der Waals surface area contributed by atoms with Crippen LogP contribution in [0.1, 0.15) is 69.2 Å². The molecule has 2 atom stereocenters. The summed E-state index contributed by atoms with van der Waals surface area (Å²) in [5, 5.41) is 33.8. The minimum atomic E-state index is -1.09. The maximum Gasteiger partial charge on any atom is 0.343 e. The van der Waals surface area contributed by atoms with Gasteiger partial charge in [-0.3, -0.25) is 14.6 Å². The van der Waals surface area contributed by atoms with E-state index in [4.69, 9.17) is 14.2 Å². The normalized spacial score (nSPS) is 14.8. The molecule has 1 aromatic heterocycles. The molecule has 3 N–H and O–H groups in total. The molecule has 0 bridgehead atoms. The summed E-state index contributed by atoms with van der Waals surface area (Å²) in [6.07, 6.45) is 0.190. The summed E-state index contributed by atoms with van der Waals surface area (Å²) in [5.41, 5.74) is 1.46. The van der Waals surface area contributed by atoms with Gasteiger partial charge in [0, 0.05) is 39.9 Å². The van der Waals surface area contributed by atoms with Crippen LogP contribution >= 0.6 is 0 Å². The Morgan fingerprint density at radius 2 is 1.75 bits per heavy atom. The number of methoxy groups -OCH3 is 2. The first-order chi connectivity index (χ1) is 19.1. The molecule has 0 radical (unpaired) electrons. The van der Waals surface area contributed by atoms with Gasteiger partial charge in [-0.15, -0.1) is 0 Å². The second-order valence-corrected chi connectivity index (χ2v) is 9.24. The summed E-state index contributed by atoms with van der Waals surface area (Å²) in [7, 11) is 2.40. The fourth-order valence-corrected chi connectivity index (χ4v) is 4.78. The van der Waals surface area contributed by atoms with Crippen molar-refractivity contribution in [3.63, 3.8) is 0 Å². The van der Waals surface area contributed by atoms with E-state index in [2.05, 4.69) is 9.72 Å². The summed E-state index contributed by atoms with van der Waals surface area (Å²) < 4.78 is 21.1. The van der Waals surface area contributed by atoms with Crippen LogP contribution in [-0.4, -0.2) is 58.9 Å². The van der Waals surface area contributed by atoms with Gasteiger partial charge in [0.2, 0.25) is 0 Å². The standard InChI is InChI=1S/C29H29NO10/c1-14-26(34)24-16(11-30-14)12-40-29(24)20-9-18(15(2)31)27(35)25(28(20)36)19(10-22(32)37-3)17-7-5-6-8-21(17)39-13-23(33)38-4/h5-9,11,19,29,34-36H,10,12-13H2,1-4H3/t19-,29+/m0/s1. The van der Waals surface area contributed by atoms with Crippen molar-refractivity contribution in [3.05, 3.63) is 75.6 Å². The molecule has 0 spiro atoms. The highest BCUT2D eigenvalue weighted by Gasteiger charge is 2.37. The third-order valence-electron chi connectivity index (χ3n) is 6.84. The number of pyridine rings is 1. The van der Waals surface area contributed by atoms with Crippen LogP contribution in [0.15, 0.2) is 36.5 Å². The van der Waals surface area contributed by atoms with Crippen LogP contribution in [-0.2, 0) is 30.4 Å². The van der Waals surface area contributed by atoms with Crippen LogP contribution in [0, 0.1) is 6.92 Å². The first-order valence-electron chi connectivity index (χ1n) is 12.3. The average Bonchev–Trinajstić information content (AvgIpc) is 3.37. The SMILES string of the molecule is COC(=O)COc1ccccc1[C@H](CC(=O)OC)c1c(O)c(C(C)=O)cc([C@H]2OCc3cnc(C)c(O)c32)c1O. The average molecular weight is 552 g/mol. The first kappa shape index (κ1) is 28.4. The van der Waals surface area contributed by atoms with Gasteiger partial charge < -0.3 is 34.3 Å². The molecule has 0 unspecified atom stereocenters. The molecule has 11 heteroatoms. The summed E-state index contributed by atoms with van der Waals surface area (Å²) in [4.78, 5) is 41.2. The monoisotopic (exact) mass is 551 g/mol. The third kappa shape index (κ3) is 5.28. The van der Waals surface area contributed by atoms with Gasteiger partial charge in [-0.05, 0) is 26.0 Å². The molecule has 1 aliphatic rings. The van der Waals surface area contributed by atoms with E-state index in [1.165, 1.54) is 27.2 Å². The highest BCUT2D eigenvalue weighted by atomic mass is 16.6. The number of hydrogen-bond acceptors (Lipinski definition) is 11. The van der Waals surface area contributed by atoms with Gasteiger partial charge in [0.1, 0.15) is 29.1 Å². The molecule has 0 fully saturated rings. The number of aryl methyl sites for hydroxylation is 1. The molecular weight excluding hydrogens is 522 g/mol. The molecule has 2 aromatic carbocycles. The topological polar surface area (TPSA) is 162 Å². The zero-order chi connectivity index (χ0) is 29.1. The summed E-state index contributed by atoms with van der Waals surface area (Å²) in [6.45, 7) is 2.51. The number of carbonyl (C=O) groups excluding carboxylic acids is 3. The van der Waals surface area contributed by atoms with Gasteiger partial charge in [0.15, 0.2) is 12.4 Å². The second-order valence-electron chi connectivity index (χ2n) is 9.24. The zero-order valence-corrected chi connectivity index (χ0v) is 22.4. The maximum atomic E-state index is 12.7. The van der Waals surface area contributed by atoms with E-state index < -0.39 is 47.8 Å². The van der Waals surface area contributed by atoms with Crippen molar-refractivity contribution in [2.75, 3.05) is 20.8 Å². The smallest absolute Gasteiger partial charge is 0.343 e. The van der Waals surface area contributed by atoms with Crippen molar-refractivity contribution in [2.45, 2.75) is 38.9 Å². The van der Waals surface area contributed by atoms with Crippen LogP contribution in [0.5, 0.6) is 23.0 Å². The second kappa shape index (κ2) is 11.6. The predicted molar refractivity (Wildman–Crippen MR) is 139 cm³/mol. The molecule has 0 saturated carbocycles. The highest BCUT2D eigenvalue weighted by Crippen LogP contribution is 2.51. The molecule has 210 valence electrons. The van der Waals surface area contributed by atoms with Crippen LogP contribution in [0.4, 0.5) is 0 Å². The summed E-state index contributed by atoms with van der Waals surface area (Å²) >= 11 is 0. The van der Waals surface area contributed by atoms with E-state index >= 15 is 0 Å². The molecule has 0 saturated heterocycles. The number of para-hydroxylation sites is 1. The Morgan fingerprint density at radius 1 is 1.05 bits per heavy atom. The fraction of sp³-hybridized carbons (Fsp3) is 0.310. The number of ketones is 1. The molecule has 0 amide bonds. The van der Waals surface area contributed by atoms with E-state index in [1.54, 1.807) is 37.4 Å². The summed E-state index contributed by atoms with van der Waals surface area (Å²) in [6, 6.07) is 7.75. The number of phenolic OH excluding ortho intramolecular Hbond substituents is 2. The van der Waals surface area contributed by atoms with Gasteiger partial charge in [0.25, 0.3) is 0 Å². The number of aromatic nitrogens is 1. The Balaban J connectivity index is 1.96. The van der Waals surface area contributed by atoms with Crippen molar-refractivity contribution in [1.29, 1.82) is 0 Å². The van der Waals surface area contributed by atoms with Gasteiger partial charge in [-0.1, -0.05) is 18.2 Å². The Morgan fingerprint density at radius 3 is 2.42 bits per heavy atom. The van der Waals surface area contributed by atoms with Crippen molar-refractivity contribution >= 4 is 17.7 Å². The molecule has 11 nitrogen and oxygen atoms in total. The number of esters is 2. The van der Waals surface area contributed by atoms with Gasteiger partial charge in [0.05, 0.1) is 38.5 Å². The van der Waals surface area contributed by atoms with Crippen LogP contribution in [0.25, 0.3) is 0 Å². The number of ether oxygens (including phenoxy) is 4. The number of Topliss-reactive ketones (excluding diaryl/α,β-unsaturated/α-hetero) is 1. The lowest BCUT2D eigenvalue weighted by atomic mass is 9.82. The highest BCUT2D eigenvalue weighted by molar-refractivity contribution is 5.98. The van der Waals surface area contributed by atoms with Gasteiger partial charge >= 0.3 is 11.9 Å². The van der Waals surface area contributed by atoms with Crippen LogP contribution in [0.3, 0.4) is 0 Å². The molecule has 0 aliphatic carbocycles. The number of rotatable bonds is 9. The molecule has 40 heavy (non-hydrogen) atoms. The molecule has 1 aliphatic heterocycles. The minimum Gasteiger partial charge on any atom is -0.507 e. The van der Waals surface area contributed by atoms with Crippen LogP contribution < -0.4 is 4.74 Å². The molecule has 2 heterocycles. The first-order valence-corrected chi connectivity index (χ1v) is 12.3. The van der Waals surface area contributed by atoms with Gasteiger partial charge in [-0.2, -0.15) is 0 Å². The summed E-state index contributed by atoms with van der Waals surface area (Å²) in [5.74, 6) is -3.86. The number of aromatic hydroxyl groups is 3. The van der Waals surface area contributed by atoms with Crippen molar-refractivity contribution < 1.29 is 48.7 Å². The van der Waals surface area contributed by atoms with Gasteiger partial charge in [-0.25, -0.2) is 4.79 Å². The number of benzene rings is 2. The lowest BCUT2D eigenvalue weighted by Gasteiger charge is -2.25. The maximum absolute atomic E-state index is 12.7. The van der Waals surface area contributed by atoms with Crippen LogP contribution in [0.2, 0.25) is 0 Å². The predicted octanol–water partition coefficient (Wildman–Crippen LogP) is 3.58. The molecular formula is C29H29NO10. The van der Waals surface area contributed by atoms with E-state index in [1.807, 2.05) is 0 Å². The Bertz CT molecular complexity index is 1480. The van der Waals surface area contributed by atoms with E-state index in [0.29, 0.717) is 22.4 Å². The Hall–Kier alpha value is -4.64. The number of phenols is 2. The molecule has 3 aromatic rings. The fourth-order valence-electron chi connectivity index (χ4n) is 4.78. The van der Waals surface area contributed by atoms with Crippen molar-refractivity contribution in [1.82, 2.24) is 4.98 Å². The molecule has 4 rings (SSSR count). The minimum absolute atomic E-state index is 0.0850. The number of nitrogens with zero attached hydrogens (tertiary/aromatic N) is 1. The number of carbonyl (C=O) groups is 3. The number of hydrogen-bond donors (Lipinski definition) is 3. The van der Waals surface area contributed by atoms with Crippen molar-refractivity contribution in [2.24, 2.45) is 0 Å². The third-order valence-corrected chi connectivity index (χ3v) is 6.84. The number of fused-ring (bicyclic) bond motifs is 1. The zero-order valence-electron chi connectivity index (χ0n) is 22.4.